The minimum absolute atomic E-state index is 0.652. The third kappa shape index (κ3) is 3.32. The molecule has 1 heterocycles. The van der Waals surface area contributed by atoms with Crippen molar-refractivity contribution in [1.29, 1.82) is 0 Å². The number of nitrogens with zero attached hydrogens (tertiary/aromatic N) is 1. The number of hydrogen-bond donors (Lipinski definition) is 0. The van der Waals surface area contributed by atoms with Gasteiger partial charge in [0.2, 0.25) is 0 Å². The topological polar surface area (TPSA) is 48.0 Å². The number of hydrogen-bond acceptors (Lipinski definition) is 5. The molecule has 1 aliphatic heterocycles. The van der Waals surface area contributed by atoms with Crippen molar-refractivity contribution in [3.05, 3.63) is 0 Å². The molecule has 1 aliphatic rings. The Bertz CT molecular complexity index is 269. The third-order valence-electron chi connectivity index (χ3n) is 1.84. The van der Waals surface area contributed by atoms with Gasteiger partial charge < -0.3 is 18.7 Å². The lowest BCUT2D eigenvalue weighted by atomic mass is 10.5. The zero-order chi connectivity index (χ0) is 10.4. The molecular formula is C8H14NO4P. The van der Waals surface area contributed by atoms with Gasteiger partial charge in [-0.1, -0.05) is 0 Å². The molecule has 0 N–H and O–H groups in total. The molecule has 5 nitrogen and oxygen atoms in total. The molecular weight excluding hydrogens is 205 g/mol. The van der Waals surface area contributed by atoms with Crippen LogP contribution >= 0.6 is 7.60 Å². The maximum Gasteiger partial charge on any atom is 0.406 e. The first-order chi connectivity index (χ1) is 6.70. The van der Waals surface area contributed by atoms with Crippen LogP contribution in [0.1, 0.15) is 0 Å². The highest BCUT2D eigenvalue weighted by Crippen LogP contribution is 2.44. The van der Waals surface area contributed by atoms with E-state index in [1.54, 1.807) is 0 Å². The molecule has 0 aliphatic carbocycles. The maximum atomic E-state index is 11.5. The fourth-order valence-electron chi connectivity index (χ4n) is 0.973. The summed E-state index contributed by atoms with van der Waals surface area (Å²) in [6, 6.07) is 2.75. The highest BCUT2D eigenvalue weighted by Gasteiger charge is 2.17. The van der Waals surface area contributed by atoms with Crippen LogP contribution in [0.3, 0.4) is 0 Å². The predicted molar refractivity (Wildman–Crippen MR) is 51.8 cm³/mol. The van der Waals surface area contributed by atoms with Crippen LogP contribution in [0.4, 0.5) is 0 Å². The van der Waals surface area contributed by atoms with E-state index in [9.17, 15) is 4.57 Å². The van der Waals surface area contributed by atoms with E-state index in [0.29, 0.717) is 13.2 Å². The van der Waals surface area contributed by atoms with Gasteiger partial charge in [-0.25, -0.2) is 4.57 Å². The zero-order valence-electron chi connectivity index (χ0n) is 8.36. The second-order valence-electron chi connectivity index (χ2n) is 2.69. The summed E-state index contributed by atoms with van der Waals surface area (Å²) in [4.78, 5) is 1.84. The Morgan fingerprint density at radius 3 is 2.36 bits per heavy atom. The SMILES string of the molecule is COP(=O)(C#CN1CCOCC1)OC. The Morgan fingerprint density at radius 1 is 1.29 bits per heavy atom. The Hall–Kier alpha value is -0.530. The monoisotopic (exact) mass is 219 g/mol. The summed E-state index contributed by atoms with van der Waals surface area (Å²) in [5.41, 5.74) is 2.50. The predicted octanol–water partition coefficient (Wildman–Crippen LogP) is 0.723. The van der Waals surface area contributed by atoms with Gasteiger partial charge in [0.05, 0.1) is 13.2 Å². The molecule has 0 aromatic heterocycles. The largest absolute Gasteiger partial charge is 0.406 e. The lowest BCUT2D eigenvalue weighted by Gasteiger charge is -2.22. The van der Waals surface area contributed by atoms with E-state index in [-0.39, 0.29) is 0 Å². The summed E-state index contributed by atoms with van der Waals surface area (Å²) in [5, 5.41) is 0. The molecule has 14 heavy (non-hydrogen) atoms. The molecule has 1 fully saturated rings. The van der Waals surface area contributed by atoms with E-state index in [1.165, 1.54) is 14.2 Å². The molecule has 0 spiro atoms. The smallest absolute Gasteiger partial charge is 0.378 e. The van der Waals surface area contributed by atoms with E-state index in [0.717, 1.165) is 13.1 Å². The van der Waals surface area contributed by atoms with Crippen molar-refractivity contribution in [3.8, 4) is 11.7 Å². The Labute approximate surface area is 83.9 Å². The van der Waals surface area contributed by atoms with Gasteiger partial charge >= 0.3 is 7.60 Å². The third-order valence-corrected chi connectivity index (χ3v) is 3.17. The summed E-state index contributed by atoms with van der Waals surface area (Å²) in [7, 11) is -0.556. The van der Waals surface area contributed by atoms with Crippen LogP contribution in [-0.2, 0) is 18.3 Å². The van der Waals surface area contributed by atoms with Crippen molar-refractivity contribution in [3.63, 3.8) is 0 Å². The Kier molecular flexibility index (Phi) is 4.43. The van der Waals surface area contributed by atoms with Crippen molar-refractivity contribution in [2.75, 3.05) is 40.5 Å². The van der Waals surface area contributed by atoms with Crippen LogP contribution in [0.15, 0.2) is 0 Å². The average Bonchev–Trinajstić information content (AvgIpc) is 2.27. The second-order valence-corrected chi connectivity index (χ2v) is 4.63. The van der Waals surface area contributed by atoms with Crippen molar-refractivity contribution in [2.24, 2.45) is 0 Å². The molecule has 6 heteroatoms. The van der Waals surface area contributed by atoms with Crippen molar-refractivity contribution in [1.82, 2.24) is 4.90 Å². The van der Waals surface area contributed by atoms with Gasteiger partial charge in [-0.15, -0.1) is 0 Å². The number of rotatable bonds is 2. The lowest BCUT2D eigenvalue weighted by molar-refractivity contribution is 0.0638. The van der Waals surface area contributed by atoms with Gasteiger partial charge in [-0.05, 0) is 0 Å². The van der Waals surface area contributed by atoms with E-state index in [2.05, 4.69) is 20.8 Å². The molecule has 0 saturated carbocycles. The van der Waals surface area contributed by atoms with E-state index < -0.39 is 7.60 Å². The quantitative estimate of drug-likeness (QED) is 0.506. The van der Waals surface area contributed by atoms with Crippen LogP contribution in [0.5, 0.6) is 0 Å². The molecule has 1 rings (SSSR count). The first-order valence-electron chi connectivity index (χ1n) is 4.27. The van der Waals surface area contributed by atoms with E-state index >= 15 is 0 Å². The summed E-state index contributed by atoms with van der Waals surface area (Å²) >= 11 is 0. The van der Waals surface area contributed by atoms with Crippen LogP contribution in [-0.4, -0.2) is 45.4 Å². The van der Waals surface area contributed by atoms with Crippen LogP contribution in [0.25, 0.3) is 0 Å². The molecule has 0 amide bonds. The van der Waals surface area contributed by atoms with Crippen LogP contribution < -0.4 is 0 Å². The highest BCUT2D eigenvalue weighted by atomic mass is 31.2. The summed E-state index contributed by atoms with van der Waals surface area (Å²) < 4.78 is 26.0. The second kappa shape index (κ2) is 5.38. The zero-order valence-corrected chi connectivity index (χ0v) is 9.25. The number of ether oxygens (including phenoxy) is 1. The van der Waals surface area contributed by atoms with Gasteiger partial charge in [0.15, 0.2) is 0 Å². The lowest BCUT2D eigenvalue weighted by Crippen LogP contribution is -2.32. The van der Waals surface area contributed by atoms with Gasteiger partial charge in [0, 0.05) is 39.0 Å². The summed E-state index contributed by atoms with van der Waals surface area (Å²) in [6.07, 6.45) is 0. The Morgan fingerprint density at radius 2 is 1.86 bits per heavy atom. The van der Waals surface area contributed by atoms with Crippen molar-refractivity contribution < 1.29 is 18.3 Å². The molecule has 0 radical (unpaired) electrons. The molecule has 0 unspecified atom stereocenters. The molecule has 0 atom stereocenters. The van der Waals surface area contributed by atoms with Crippen molar-refractivity contribution in [2.45, 2.75) is 0 Å². The molecule has 1 saturated heterocycles. The van der Waals surface area contributed by atoms with Gasteiger partial charge in [-0.3, -0.25) is 0 Å². The highest BCUT2D eigenvalue weighted by molar-refractivity contribution is 7.59. The van der Waals surface area contributed by atoms with E-state index in [4.69, 9.17) is 4.74 Å². The van der Waals surface area contributed by atoms with Gasteiger partial charge in [-0.2, -0.15) is 0 Å². The fourth-order valence-corrected chi connectivity index (χ4v) is 1.57. The normalized spacial score (nSPS) is 17.4. The minimum Gasteiger partial charge on any atom is -0.378 e. The molecule has 0 bridgehead atoms. The molecule has 0 aromatic carbocycles. The van der Waals surface area contributed by atoms with E-state index in [1.807, 2.05) is 4.90 Å². The standard InChI is InChI=1S/C8H14NO4P/c1-11-14(10,12-2)8-5-9-3-6-13-7-4-9/h3-4,6-7H2,1-2H3. The number of morpholine rings is 1. The van der Waals surface area contributed by atoms with Crippen LogP contribution in [0.2, 0.25) is 0 Å². The van der Waals surface area contributed by atoms with Gasteiger partial charge in [0.25, 0.3) is 0 Å². The Balaban J connectivity index is 2.55. The minimum atomic E-state index is -3.19. The summed E-state index contributed by atoms with van der Waals surface area (Å²) in [6.45, 7) is 2.75. The van der Waals surface area contributed by atoms with Crippen molar-refractivity contribution >= 4 is 7.60 Å². The average molecular weight is 219 g/mol. The fraction of sp³-hybridized carbons (Fsp3) is 0.750. The maximum absolute atomic E-state index is 11.5. The van der Waals surface area contributed by atoms with Crippen LogP contribution in [0, 0.1) is 11.7 Å². The molecule has 80 valence electrons. The first kappa shape index (κ1) is 11.5. The summed E-state index contributed by atoms with van der Waals surface area (Å²) in [5.74, 6) is 0. The molecule has 0 aromatic rings. The first-order valence-corrected chi connectivity index (χ1v) is 5.81. The van der Waals surface area contributed by atoms with Gasteiger partial charge in [0.1, 0.15) is 0 Å².